The molecule has 2 amide bonds. The van der Waals surface area contributed by atoms with Crippen LogP contribution in [-0.4, -0.2) is 67.7 Å². The second-order valence-electron chi connectivity index (χ2n) is 8.98. The Morgan fingerprint density at radius 3 is 2.43 bits per heavy atom. The van der Waals surface area contributed by atoms with Crippen molar-refractivity contribution in [2.24, 2.45) is 16.8 Å². The summed E-state index contributed by atoms with van der Waals surface area (Å²) in [5.74, 6) is 1.63. The number of carbonyl (C=O) groups is 2. The highest BCUT2D eigenvalue weighted by Gasteiger charge is 2.29. The predicted octanol–water partition coefficient (Wildman–Crippen LogP) is 2.72. The molecule has 0 spiro atoms. The molecule has 1 aliphatic carbocycles. The summed E-state index contributed by atoms with van der Waals surface area (Å²) in [5, 5.41) is 9.45. The summed E-state index contributed by atoms with van der Waals surface area (Å²) in [6.45, 7) is 12.0. The molecule has 1 heterocycles. The fraction of sp³-hybridized carbons (Fsp3) is 0.857. The average molecular weight is 537 g/mol. The molecule has 0 aromatic heterocycles. The smallest absolute Gasteiger partial charge is 0.410 e. The van der Waals surface area contributed by atoms with Crippen molar-refractivity contribution in [3.63, 3.8) is 0 Å². The van der Waals surface area contributed by atoms with E-state index in [2.05, 4.69) is 20.9 Å². The molecule has 1 atom stereocenters. The van der Waals surface area contributed by atoms with E-state index in [-0.39, 0.29) is 41.9 Å². The molecule has 30 heavy (non-hydrogen) atoms. The number of hydrogen-bond donors (Lipinski definition) is 3. The number of rotatable bonds is 8. The van der Waals surface area contributed by atoms with Gasteiger partial charge in [0, 0.05) is 45.2 Å². The van der Waals surface area contributed by atoms with Gasteiger partial charge in [-0.2, -0.15) is 0 Å². The second-order valence-corrected chi connectivity index (χ2v) is 8.98. The van der Waals surface area contributed by atoms with Crippen LogP contribution in [0.25, 0.3) is 0 Å². The number of aliphatic imine (C=N–C) groups is 1. The number of nitrogens with zero attached hydrogens (tertiary/aromatic N) is 2. The molecule has 1 unspecified atom stereocenters. The molecule has 2 aliphatic rings. The number of carbonyl (C=O) groups excluding carboxylic acids is 2. The first-order valence-electron chi connectivity index (χ1n) is 11.1. The van der Waals surface area contributed by atoms with Crippen molar-refractivity contribution in [1.29, 1.82) is 0 Å². The summed E-state index contributed by atoms with van der Waals surface area (Å²) in [6, 6.07) is 0. The summed E-state index contributed by atoms with van der Waals surface area (Å²) >= 11 is 0. The lowest BCUT2D eigenvalue weighted by Gasteiger charge is -2.34. The van der Waals surface area contributed by atoms with Crippen molar-refractivity contribution < 1.29 is 14.3 Å². The maximum absolute atomic E-state index is 12.3. The molecule has 1 aliphatic heterocycles. The summed E-state index contributed by atoms with van der Waals surface area (Å²) in [4.78, 5) is 30.4. The van der Waals surface area contributed by atoms with Crippen molar-refractivity contribution in [2.45, 2.75) is 65.4 Å². The van der Waals surface area contributed by atoms with Crippen LogP contribution in [0.4, 0.5) is 4.79 Å². The molecule has 0 radical (unpaired) electrons. The van der Waals surface area contributed by atoms with Gasteiger partial charge >= 0.3 is 6.09 Å². The van der Waals surface area contributed by atoms with Gasteiger partial charge in [0.1, 0.15) is 5.60 Å². The quantitative estimate of drug-likeness (QED) is 0.192. The third-order valence-electron chi connectivity index (χ3n) is 4.99. The zero-order chi connectivity index (χ0) is 21.3. The molecule has 1 saturated carbocycles. The molecular formula is C21H40IN5O3. The van der Waals surface area contributed by atoms with Crippen LogP contribution in [0.5, 0.6) is 0 Å². The van der Waals surface area contributed by atoms with Gasteiger partial charge in [-0.15, -0.1) is 24.0 Å². The van der Waals surface area contributed by atoms with Gasteiger partial charge in [0.25, 0.3) is 0 Å². The Balaban J connectivity index is 0.00000450. The van der Waals surface area contributed by atoms with Gasteiger partial charge in [-0.05, 0) is 65.7 Å². The normalized spacial score (nSPS) is 19.5. The van der Waals surface area contributed by atoms with Crippen LogP contribution in [-0.2, 0) is 9.53 Å². The number of hydrogen-bond acceptors (Lipinski definition) is 4. The molecular weight excluding hydrogens is 497 g/mol. The van der Waals surface area contributed by atoms with Gasteiger partial charge < -0.3 is 25.6 Å². The summed E-state index contributed by atoms with van der Waals surface area (Å²) in [5.41, 5.74) is -0.459. The molecule has 2 fully saturated rings. The molecule has 0 aromatic carbocycles. The monoisotopic (exact) mass is 537 g/mol. The fourth-order valence-electron chi connectivity index (χ4n) is 3.35. The number of nitrogens with one attached hydrogen (secondary N) is 3. The number of amides is 2. The maximum Gasteiger partial charge on any atom is 0.410 e. The average Bonchev–Trinajstić information content (AvgIpc) is 3.49. The molecule has 9 heteroatoms. The molecule has 0 aromatic rings. The minimum atomic E-state index is -0.459. The van der Waals surface area contributed by atoms with E-state index in [1.54, 1.807) is 0 Å². The third kappa shape index (κ3) is 10.7. The van der Waals surface area contributed by atoms with Crippen LogP contribution in [0.1, 0.15) is 59.8 Å². The first-order chi connectivity index (χ1) is 13.8. The largest absolute Gasteiger partial charge is 0.444 e. The van der Waals surface area contributed by atoms with E-state index >= 15 is 0 Å². The lowest BCUT2D eigenvalue weighted by atomic mass is 9.95. The number of piperidine rings is 1. The third-order valence-corrected chi connectivity index (χ3v) is 4.99. The Labute approximate surface area is 198 Å². The van der Waals surface area contributed by atoms with Gasteiger partial charge in [0.05, 0.1) is 0 Å². The topological polar surface area (TPSA) is 95.1 Å². The van der Waals surface area contributed by atoms with E-state index in [1.807, 2.05) is 32.6 Å². The number of guanidine groups is 1. The van der Waals surface area contributed by atoms with E-state index in [0.29, 0.717) is 25.6 Å². The highest BCUT2D eigenvalue weighted by Crippen LogP contribution is 2.28. The Morgan fingerprint density at radius 1 is 1.10 bits per heavy atom. The van der Waals surface area contributed by atoms with Gasteiger partial charge in [-0.25, -0.2) is 4.79 Å². The number of likely N-dealkylation sites (tertiary alicyclic amines) is 1. The van der Waals surface area contributed by atoms with Gasteiger partial charge in [-0.3, -0.25) is 9.79 Å². The maximum atomic E-state index is 12.3. The summed E-state index contributed by atoms with van der Waals surface area (Å²) < 4.78 is 5.50. The van der Waals surface area contributed by atoms with E-state index in [0.717, 1.165) is 57.7 Å². The predicted molar refractivity (Wildman–Crippen MR) is 130 cm³/mol. The summed E-state index contributed by atoms with van der Waals surface area (Å²) in [7, 11) is 0. The molecule has 3 N–H and O–H groups in total. The standard InChI is InChI=1S/C21H39N5O3.HI/c1-5-22-19(25-13-12-23-18(27)17-8-9-17)24-11-10-16-7-6-14-26(15-16)20(28)29-21(2,3)4;/h16-17H,5-15H2,1-4H3,(H,23,27)(H2,22,24,25);1H. The van der Waals surface area contributed by atoms with Gasteiger partial charge in [-0.1, -0.05) is 0 Å². The van der Waals surface area contributed by atoms with Crippen LogP contribution < -0.4 is 16.0 Å². The zero-order valence-corrected chi connectivity index (χ0v) is 21.3. The van der Waals surface area contributed by atoms with Crippen LogP contribution in [0.15, 0.2) is 4.99 Å². The lowest BCUT2D eigenvalue weighted by molar-refractivity contribution is -0.122. The van der Waals surface area contributed by atoms with Crippen molar-refractivity contribution in [3.05, 3.63) is 0 Å². The fourth-order valence-corrected chi connectivity index (χ4v) is 3.35. The van der Waals surface area contributed by atoms with Crippen molar-refractivity contribution >= 4 is 41.9 Å². The zero-order valence-electron chi connectivity index (χ0n) is 19.0. The van der Waals surface area contributed by atoms with Crippen LogP contribution in [0, 0.1) is 11.8 Å². The van der Waals surface area contributed by atoms with Crippen LogP contribution in [0.2, 0.25) is 0 Å². The summed E-state index contributed by atoms with van der Waals surface area (Å²) in [6.07, 6.45) is 4.90. The second kappa shape index (κ2) is 13.2. The molecule has 174 valence electrons. The minimum Gasteiger partial charge on any atom is -0.444 e. The van der Waals surface area contributed by atoms with Crippen molar-refractivity contribution in [2.75, 3.05) is 39.3 Å². The molecule has 2 rings (SSSR count). The first-order valence-corrected chi connectivity index (χ1v) is 11.1. The van der Waals surface area contributed by atoms with Gasteiger partial charge in [0.2, 0.25) is 5.91 Å². The molecule has 1 saturated heterocycles. The Hall–Kier alpha value is -1.26. The highest BCUT2D eigenvalue weighted by atomic mass is 127. The number of halogens is 1. The minimum absolute atomic E-state index is 0. The Morgan fingerprint density at radius 2 is 1.80 bits per heavy atom. The van der Waals surface area contributed by atoms with E-state index < -0.39 is 5.60 Å². The van der Waals surface area contributed by atoms with E-state index in [9.17, 15) is 9.59 Å². The Bertz CT molecular complexity index is 575. The van der Waals surface area contributed by atoms with E-state index in [4.69, 9.17) is 4.74 Å². The highest BCUT2D eigenvalue weighted by molar-refractivity contribution is 14.0. The van der Waals surface area contributed by atoms with Crippen molar-refractivity contribution in [1.82, 2.24) is 20.9 Å². The Kier molecular flexibility index (Phi) is 11.8. The SMILES string of the molecule is CCNC(=NCCC1CCCN(C(=O)OC(C)(C)C)C1)NCCNC(=O)C1CC1.I. The van der Waals surface area contributed by atoms with Crippen molar-refractivity contribution in [3.8, 4) is 0 Å². The lowest BCUT2D eigenvalue weighted by Crippen LogP contribution is -2.43. The van der Waals surface area contributed by atoms with Crippen LogP contribution in [0.3, 0.4) is 0 Å². The van der Waals surface area contributed by atoms with Crippen LogP contribution >= 0.6 is 24.0 Å². The molecule has 0 bridgehead atoms. The van der Waals surface area contributed by atoms with E-state index in [1.165, 1.54) is 0 Å². The molecule has 8 nitrogen and oxygen atoms in total. The van der Waals surface area contributed by atoms with Gasteiger partial charge in [0.15, 0.2) is 5.96 Å². The first kappa shape index (κ1) is 26.8. The number of ether oxygens (including phenoxy) is 1.